The third kappa shape index (κ3) is 2.97. The molecule has 2 aromatic rings. The number of pyridine rings is 1. The van der Waals surface area contributed by atoms with Gasteiger partial charge in [0, 0.05) is 11.4 Å². The van der Waals surface area contributed by atoms with Crippen molar-refractivity contribution in [3.63, 3.8) is 0 Å². The molecule has 1 N–H and O–H groups in total. The molecule has 0 saturated carbocycles. The summed E-state index contributed by atoms with van der Waals surface area (Å²) in [5.41, 5.74) is 0.790. The first-order chi connectivity index (χ1) is 8.61. The van der Waals surface area contributed by atoms with E-state index in [1.54, 1.807) is 17.4 Å². The van der Waals surface area contributed by atoms with Crippen molar-refractivity contribution < 1.29 is 0 Å². The van der Waals surface area contributed by atoms with Crippen LogP contribution in [0.1, 0.15) is 18.2 Å². The molecule has 0 fully saturated rings. The SMILES string of the molecule is CCCNc1nc(-c2ccc(C)s2)c(Cl)cc1Cl. The van der Waals surface area contributed by atoms with Crippen molar-refractivity contribution in [3.8, 4) is 10.6 Å². The van der Waals surface area contributed by atoms with Crippen molar-refractivity contribution in [1.29, 1.82) is 0 Å². The van der Waals surface area contributed by atoms with E-state index in [1.165, 1.54) is 4.88 Å². The van der Waals surface area contributed by atoms with Crippen molar-refractivity contribution >= 4 is 40.4 Å². The second-order valence-electron chi connectivity index (χ2n) is 3.99. The fourth-order valence-corrected chi connectivity index (χ4v) is 3.02. The summed E-state index contributed by atoms with van der Waals surface area (Å²) >= 11 is 14.0. The van der Waals surface area contributed by atoms with E-state index in [0.717, 1.165) is 23.5 Å². The van der Waals surface area contributed by atoms with Gasteiger partial charge < -0.3 is 5.32 Å². The molecule has 2 rings (SSSR count). The van der Waals surface area contributed by atoms with E-state index >= 15 is 0 Å². The Labute approximate surface area is 121 Å². The molecule has 0 spiro atoms. The Bertz CT molecular complexity index is 552. The molecule has 0 aliphatic heterocycles. The molecule has 0 aliphatic carbocycles. The molecule has 0 unspecified atom stereocenters. The van der Waals surface area contributed by atoms with E-state index in [1.807, 2.05) is 6.07 Å². The van der Waals surface area contributed by atoms with Gasteiger partial charge in [0.1, 0.15) is 11.5 Å². The van der Waals surface area contributed by atoms with Crippen molar-refractivity contribution in [1.82, 2.24) is 4.98 Å². The van der Waals surface area contributed by atoms with Crippen LogP contribution in [-0.2, 0) is 0 Å². The summed E-state index contributed by atoms with van der Waals surface area (Å²) in [6.45, 7) is 5.01. The van der Waals surface area contributed by atoms with Gasteiger partial charge in [0.25, 0.3) is 0 Å². The zero-order chi connectivity index (χ0) is 13.1. The van der Waals surface area contributed by atoms with Crippen LogP contribution >= 0.6 is 34.5 Å². The first-order valence-electron chi connectivity index (χ1n) is 5.78. The average Bonchev–Trinajstić information content (AvgIpc) is 2.74. The Kier molecular flexibility index (Phi) is 4.49. The first kappa shape index (κ1) is 13.7. The van der Waals surface area contributed by atoms with Crippen molar-refractivity contribution in [2.45, 2.75) is 20.3 Å². The topological polar surface area (TPSA) is 24.9 Å². The Morgan fingerprint density at radius 3 is 2.67 bits per heavy atom. The maximum Gasteiger partial charge on any atom is 0.145 e. The smallest absolute Gasteiger partial charge is 0.145 e. The number of hydrogen-bond donors (Lipinski definition) is 1. The van der Waals surface area contributed by atoms with Gasteiger partial charge in [-0.1, -0.05) is 30.1 Å². The summed E-state index contributed by atoms with van der Waals surface area (Å²) in [6.07, 6.45) is 1.02. The lowest BCUT2D eigenvalue weighted by molar-refractivity contribution is 0.970. The fraction of sp³-hybridized carbons (Fsp3) is 0.308. The largest absolute Gasteiger partial charge is 0.369 e. The summed E-state index contributed by atoms with van der Waals surface area (Å²) in [5, 5.41) is 4.36. The molecule has 2 aromatic heterocycles. The molecule has 0 aliphatic rings. The lowest BCUT2D eigenvalue weighted by Crippen LogP contribution is -2.03. The molecule has 0 bridgehead atoms. The highest BCUT2D eigenvalue weighted by Gasteiger charge is 2.12. The molecule has 96 valence electrons. The van der Waals surface area contributed by atoms with Gasteiger partial charge in [-0.25, -0.2) is 4.98 Å². The maximum absolute atomic E-state index is 6.21. The Balaban J connectivity index is 2.41. The summed E-state index contributed by atoms with van der Waals surface area (Å²) in [7, 11) is 0. The summed E-state index contributed by atoms with van der Waals surface area (Å²) < 4.78 is 0. The van der Waals surface area contributed by atoms with Gasteiger partial charge in [0.05, 0.1) is 14.9 Å². The number of rotatable bonds is 4. The molecule has 0 radical (unpaired) electrons. The zero-order valence-corrected chi connectivity index (χ0v) is 12.6. The number of thiophene rings is 1. The Morgan fingerprint density at radius 1 is 1.28 bits per heavy atom. The van der Waals surface area contributed by atoms with E-state index in [-0.39, 0.29) is 0 Å². The summed E-state index contributed by atoms with van der Waals surface area (Å²) in [4.78, 5) is 6.83. The molecule has 0 saturated heterocycles. The molecular formula is C13H14Cl2N2S. The quantitative estimate of drug-likeness (QED) is 0.834. The number of aryl methyl sites for hydroxylation is 1. The van der Waals surface area contributed by atoms with Crippen LogP contribution in [0.25, 0.3) is 10.6 Å². The number of aromatic nitrogens is 1. The predicted octanol–water partition coefficient (Wildman–Crippen LogP) is 5.25. The number of nitrogens with one attached hydrogen (secondary N) is 1. The molecule has 5 heteroatoms. The van der Waals surface area contributed by atoms with E-state index in [2.05, 4.69) is 30.2 Å². The van der Waals surface area contributed by atoms with Gasteiger partial charge in [0.2, 0.25) is 0 Å². The Hall–Kier alpha value is -0.770. The van der Waals surface area contributed by atoms with E-state index in [0.29, 0.717) is 15.9 Å². The first-order valence-corrected chi connectivity index (χ1v) is 7.35. The minimum absolute atomic E-state index is 0.561. The highest BCUT2D eigenvalue weighted by Crippen LogP contribution is 2.35. The summed E-state index contributed by atoms with van der Waals surface area (Å²) in [5.74, 6) is 0.698. The lowest BCUT2D eigenvalue weighted by atomic mass is 10.3. The second kappa shape index (κ2) is 5.91. The van der Waals surface area contributed by atoms with Gasteiger partial charge in [-0.15, -0.1) is 11.3 Å². The van der Waals surface area contributed by atoms with Crippen molar-refractivity contribution in [2.24, 2.45) is 0 Å². The third-order valence-corrected chi connectivity index (χ3v) is 4.03. The highest BCUT2D eigenvalue weighted by molar-refractivity contribution is 7.15. The van der Waals surface area contributed by atoms with Crippen LogP contribution in [0, 0.1) is 6.92 Å². The van der Waals surface area contributed by atoms with Gasteiger partial charge in [-0.3, -0.25) is 0 Å². The standard InChI is InChI=1S/C13H14Cl2N2S/c1-3-6-16-13-10(15)7-9(14)12(17-13)11-5-4-8(2)18-11/h4-5,7H,3,6H2,1-2H3,(H,16,17). The fourth-order valence-electron chi connectivity index (χ4n) is 1.57. The zero-order valence-electron chi connectivity index (χ0n) is 10.3. The molecule has 0 amide bonds. The van der Waals surface area contributed by atoms with Crippen molar-refractivity contribution in [3.05, 3.63) is 33.1 Å². The molecule has 0 aromatic carbocycles. The second-order valence-corrected chi connectivity index (χ2v) is 6.09. The molecule has 2 nitrogen and oxygen atoms in total. The minimum Gasteiger partial charge on any atom is -0.369 e. The normalized spacial score (nSPS) is 10.7. The molecule has 18 heavy (non-hydrogen) atoms. The minimum atomic E-state index is 0.561. The van der Waals surface area contributed by atoms with Crippen LogP contribution < -0.4 is 5.32 Å². The number of hydrogen-bond acceptors (Lipinski definition) is 3. The molecular weight excluding hydrogens is 287 g/mol. The maximum atomic E-state index is 6.21. The van der Waals surface area contributed by atoms with Gasteiger partial charge in [-0.2, -0.15) is 0 Å². The molecule has 2 heterocycles. The molecule has 0 atom stereocenters. The van der Waals surface area contributed by atoms with Crippen LogP contribution in [-0.4, -0.2) is 11.5 Å². The van der Waals surface area contributed by atoms with Crippen LogP contribution in [0.15, 0.2) is 18.2 Å². The monoisotopic (exact) mass is 300 g/mol. The van der Waals surface area contributed by atoms with Crippen LogP contribution in [0.3, 0.4) is 0 Å². The van der Waals surface area contributed by atoms with Gasteiger partial charge >= 0.3 is 0 Å². The lowest BCUT2D eigenvalue weighted by Gasteiger charge is -2.09. The highest BCUT2D eigenvalue weighted by atomic mass is 35.5. The van der Waals surface area contributed by atoms with E-state index in [9.17, 15) is 0 Å². The number of halogens is 2. The third-order valence-electron chi connectivity index (χ3n) is 2.45. The van der Waals surface area contributed by atoms with E-state index in [4.69, 9.17) is 23.2 Å². The van der Waals surface area contributed by atoms with Crippen LogP contribution in [0.4, 0.5) is 5.82 Å². The van der Waals surface area contributed by atoms with E-state index < -0.39 is 0 Å². The Morgan fingerprint density at radius 2 is 2.06 bits per heavy atom. The van der Waals surface area contributed by atoms with Gasteiger partial charge in [-0.05, 0) is 31.5 Å². The van der Waals surface area contributed by atoms with Crippen molar-refractivity contribution in [2.75, 3.05) is 11.9 Å². The van der Waals surface area contributed by atoms with Crippen LogP contribution in [0.5, 0.6) is 0 Å². The number of anilines is 1. The van der Waals surface area contributed by atoms with Crippen LogP contribution in [0.2, 0.25) is 10.0 Å². The predicted molar refractivity (Wildman–Crippen MR) is 81.1 cm³/mol. The van der Waals surface area contributed by atoms with Gasteiger partial charge in [0.15, 0.2) is 0 Å². The average molecular weight is 301 g/mol. The number of nitrogens with zero attached hydrogens (tertiary/aromatic N) is 1. The summed E-state index contributed by atoms with van der Waals surface area (Å²) in [6, 6.07) is 5.84.